The molecule has 0 aliphatic rings. The SMILES string of the molecule is [B]c1cccc2oc3ccc(-c4ccc5oc6ccccc6c5c4)cc3c12. The summed E-state index contributed by atoms with van der Waals surface area (Å²) in [7, 11) is 6.21. The van der Waals surface area contributed by atoms with Gasteiger partial charge in [-0.15, -0.1) is 0 Å². The molecule has 0 aliphatic carbocycles. The quantitative estimate of drug-likeness (QED) is 0.345. The summed E-state index contributed by atoms with van der Waals surface area (Å²) in [4.78, 5) is 0. The van der Waals surface area contributed by atoms with Crippen LogP contribution in [0.1, 0.15) is 0 Å². The van der Waals surface area contributed by atoms with Crippen molar-refractivity contribution in [2.75, 3.05) is 0 Å². The Balaban J connectivity index is 1.62. The van der Waals surface area contributed by atoms with Gasteiger partial charge in [0.15, 0.2) is 0 Å². The van der Waals surface area contributed by atoms with Crippen molar-refractivity contribution < 1.29 is 8.83 Å². The van der Waals surface area contributed by atoms with Gasteiger partial charge in [-0.1, -0.05) is 47.9 Å². The highest BCUT2D eigenvalue weighted by Gasteiger charge is 2.12. The van der Waals surface area contributed by atoms with E-state index >= 15 is 0 Å². The smallest absolute Gasteiger partial charge is 0.135 e. The van der Waals surface area contributed by atoms with Crippen LogP contribution in [0.2, 0.25) is 0 Å². The maximum atomic E-state index is 6.21. The lowest BCUT2D eigenvalue weighted by Crippen LogP contribution is -2.01. The second kappa shape index (κ2) is 5.27. The molecule has 0 saturated heterocycles. The largest absolute Gasteiger partial charge is 0.456 e. The number of hydrogen-bond donors (Lipinski definition) is 0. The van der Waals surface area contributed by atoms with Crippen LogP contribution in [0.15, 0.2) is 87.7 Å². The van der Waals surface area contributed by atoms with Crippen LogP contribution in [0.25, 0.3) is 55.0 Å². The second-order valence-corrected chi connectivity index (χ2v) is 6.84. The van der Waals surface area contributed by atoms with Crippen LogP contribution in [0.3, 0.4) is 0 Å². The van der Waals surface area contributed by atoms with Gasteiger partial charge in [0.1, 0.15) is 30.2 Å². The van der Waals surface area contributed by atoms with Gasteiger partial charge in [0, 0.05) is 21.5 Å². The summed E-state index contributed by atoms with van der Waals surface area (Å²) in [6.07, 6.45) is 0. The molecule has 2 aromatic heterocycles. The summed E-state index contributed by atoms with van der Waals surface area (Å²) in [5, 5.41) is 4.27. The molecule has 0 N–H and O–H groups in total. The Hall–Kier alpha value is -3.46. The molecular formula is C24H13BO2. The van der Waals surface area contributed by atoms with Crippen LogP contribution in [0.5, 0.6) is 0 Å². The zero-order valence-corrected chi connectivity index (χ0v) is 14.4. The van der Waals surface area contributed by atoms with Gasteiger partial charge in [0.2, 0.25) is 0 Å². The number of fused-ring (bicyclic) bond motifs is 6. The molecule has 124 valence electrons. The summed E-state index contributed by atoms with van der Waals surface area (Å²) in [6, 6.07) is 26.5. The van der Waals surface area contributed by atoms with Gasteiger partial charge in [-0.3, -0.25) is 0 Å². The first-order valence-electron chi connectivity index (χ1n) is 8.90. The first-order valence-corrected chi connectivity index (χ1v) is 8.90. The molecule has 0 saturated carbocycles. The van der Waals surface area contributed by atoms with Crippen molar-refractivity contribution in [2.24, 2.45) is 0 Å². The predicted octanol–water partition coefficient (Wildman–Crippen LogP) is 5.95. The first kappa shape index (κ1) is 14.7. The number of para-hydroxylation sites is 1. The first-order chi connectivity index (χ1) is 13.3. The van der Waals surface area contributed by atoms with Gasteiger partial charge < -0.3 is 8.83 Å². The highest BCUT2D eigenvalue weighted by atomic mass is 16.3. The Morgan fingerprint density at radius 1 is 0.519 bits per heavy atom. The Morgan fingerprint density at radius 3 is 2.00 bits per heavy atom. The average molecular weight is 344 g/mol. The third kappa shape index (κ3) is 2.09. The standard InChI is InChI=1S/C24H13BO2/c25-19-5-3-7-23-24(19)18-13-15(9-11-22(18)27-23)14-8-10-21-17(12-14)16-4-1-2-6-20(16)26-21/h1-13H. The molecule has 2 radical (unpaired) electrons. The molecule has 0 amide bonds. The molecule has 27 heavy (non-hydrogen) atoms. The molecule has 0 aliphatic heterocycles. The molecule has 0 atom stereocenters. The van der Waals surface area contributed by atoms with E-state index in [1.165, 1.54) is 0 Å². The molecule has 0 bridgehead atoms. The molecule has 0 fully saturated rings. The van der Waals surface area contributed by atoms with Crippen molar-refractivity contribution >= 4 is 57.2 Å². The predicted molar refractivity (Wildman–Crippen MR) is 112 cm³/mol. The van der Waals surface area contributed by atoms with E-state index in [2.05, 4.69) is 30.3 Å². The Morgan fingerprint density at radius 2 is 1.15 bits per heavy atom. The minimum absolute atomic E-state index is 0.736. The highest BCUT2D eigenvalue weighted by molar-refractivity contribution is 6.41. The molecule has 0 unspecified atom stereocenters. The Labute approximate surface area is 156 Å². The summed E-state index contributed by atoms with van der Waals surface area (Å²) in [6.45, 7) is 0. The van der Waals surface area contributed by atoms with E-state index in [1.807, 2.05) is 48.5 Å². The van der Waals surface area contributed by atoms with Gasteiger partial charge in [0.25, 0.3) is 0 Å². The lowest BCUT2D eigenvalue weighted by Gasteiger charge is -2.03. The molecule has 2 nitrogen and oxygen atoms in total. The van der Waals surface area contributed by atoms with Crippen molar-refractivity contribution in [1.82, 2.24) is 0 Å². The third-order valence-electron chi connectivity index (χ3n) is 5.24. The van der Waals surface area contributed by atoms with Crippen LogP contribution in [-0.2, 0) is 0 Å². The molecule has 6 aromatic rings. The van der Waals surface area contributed by atoms with Gasteiger partial charge in [0.05, 0.1) is 0 Å². The number of furan rings is 2. The molecule has 2 heterocycles. The van der Waals surface area contributed by atoms with Crippen molar-refractivity contribution in [3.63, 3.8) is 0 Å². The summed E-state index contributed by atoms with van der Waals surface area (Å²) in [5.41, 5.74) is 6.48. The van der Waals surface area contributed by atoms with Crippen LogP contribution in [0.4, 0.5) is 0 Å². The Bertz CT molecular complexity index is 1490. The van der Waals surface area contributed by atoms with Crippen LogP contribution in [0, 0.1) is 0 Å². The van der Waals surface area contributed by atoms with E-state index in [0.717, 1.165) is 60.5 Å². The monoisotopic (exact) mass is 344 g/mol. The minimum atomic E-state index is 0.736. The summed E-state index contributed by atoms with van der Waals surface area (Å²) >= 11 is 0. The minimum Gasteiger partial charge on any atom is -0.456 e. The van der Waals surface area contributed by atoms with Crippen LogP contribution >= 0.6 is 0 Å². The molecule has 0 spiro atoms. The van der Waals surface area contributed by atoms with E-state index < -0.39 is 0 Å². The van der Waals surface area contributed by atoms with E-state index in [1.54, 1.807) is 0 Å². The van der Waals surface area contributed by atoms with E-state index in [-0.39, 0.29) is 0 Å². The fourth-order valence-electron chi connectivity index (χ4n) is 3.94. The molecule has 6 rings (SSSR count). The van der Waals surface area contributed by atoms with Crippen LogP contribution < -0.4 is 5.46 Å². The zero-order valence-electron chi connectivity index (χ0n) is 14.4. The number of benzene rings is 4. The fourth-order valence-corrected chi connectivity index (χ4v) is 3.94. The fraction of sp³-hybridized carbons (Fsp3) is 0. The molecule has 3 heteroatoms. The summed E-state index contributed by atoms with van der Waals surface area (Å²) in [5.74, 6) is 0. The highest BCUT2D eigenvalue weighted by Crippen LogP contribution is 2.35. The van der Waals surface area contributed by atoms with E-state index in [0.29, 0.717) is 0 Å². The lowest BCUT2D eigenvalue weighted by atomic mass is 9.90. The topological polar surface area (TPSA) is 26.3 Å². The third-order valence-corrected chi connectivity index (χ3v) is 5.24. The van der Waals surface area contributed by atoms with Crippen molar-refractivity contribution in [2.45, 2.75) is 0 Å². The number of hydrogen-bond acceptors (Lipinski definition) is 2. The van der Waals surface area contributed by atoms with Crippen molar-refractivity contribution in [1.29, 1.82) is 0 Å². The Kier molecular flexibility index (Phi) is 2.87. The van der Waals surface area contributed by atoms with Crippen molar-refractivity contribution in [3.8, 4) is 11.1 Å². The molecule has 4 aromatic carbocycles. The average Bonchev–Trinajstić information content (AvgIpc) is 3.25. The van der Waals surface area contributed by atoms with E-state index in [9.17, 15) is 0 Å². The zero-order chi connectivity index (χ0) is 18.0. The molecular weight excluding hydrogens is 331 g/mol. The van der Waals surface area contributed by atoms with Gasteiger partial charge in [-0.25, -0.2) is 0 Å². The van der Waals surface area contributed by atoms with Crippen molar-refractivity contribution in [3.05, 3.63) is 78.9 Å². The lowest BCUT2D eigenvalue weighted by molar-refractivity contribution is 0.668. The van der Waals surface area contributed by atoms with Crippen LogP contribution in [-0.4, -0.2) is 7.85 Å². The normalized spacial score (nSPS) is 11.9. The van der Waals surface area contributed by atoms with Gasteiger partial charge in [-0.05, 0) is 47.5 Å². The maximum Gasteiger partial charge on any atom is 0.135 e. The van der Waals surface area contributed by atoms with E-state index in [4.69, 9.17) is 16.7 Å². The van der Waals surface area contributed by atoms with Gasteiger partial charge in [-0.2, -0.15) is 0 Å². The summed E-state index contributed by atoms with van der Waals surface area (Å²) < 4.78 is 11.9. The maximum absolute atomic E-state index is 6.21. The number of rotatable bonds is 1. The van der Waals surface area contributed by atoms with Gasteiger partial charge >= 0.3 is 0 Å². The second-order valence-electron chi connectivity index (χ2n) is 6.84.